The lowest BCUT2D eigenvalue weighted by Gasteiger charge is -2.19. The summed E-state index contributed by atoms with van der Waals surface area (Å²) in [4.78, 5) is 24.0. The predicted molar refractivity (Wildman–Crippen MR) is 71.2 cm³/mol. The second kappa shape index (κ2) is 5.66. The maximum absolute atomic E-state index is 11.9. The monoisotopic (exact) mass is 303 g/mol. The lowest BCUT2D eigenvalue weighted by atomic mass is 10.2. The van der Waals surface area contributed by atoms with Gasteiger partial charge >= 0.3 is 5.97 Å². The Labute approximate surface area is 117 Å². The first kappa shape index (κ1) is 16.2. The molecule has 0 spiro atoms. The van der Waals surface area contributed by atoms with E-state index in [2.05, 4.69) is 0 Å². The Balaban J connectivity index is 2.86. The highest BCUT2D eigenvalue weighted by atomic mass is 32.2. The predicted octanol–water partition coefficient (Wildman–Crippen LogP) is 0.678. The lowest BCUT2D eigenvalue weighted by molar-refractivity contribution is -0.129. The zero-order chi connectivity index (χ0) is 15.7. The topological polar surface area (TPSA) is 105 Å². The van der Waals surface area contributed by atoms with Crippen LogP contribution in [0.3, 0.4) is 0 Å². The van der Waals surface area contributed by atoms with Gasteiger partial charge in [-0.3, -0.25) is 4.79 Å². The fraction of sp³-hybridized carbons (Fsp3) is 0.500. The fourth-order valence-corrected chi connectivity index (χ4v) is 2.19. The van der Waals surface area contributed by atoms with E-state index in [1.54, 1.807) is 0 Å². The molecule has 0 bridgehead atoms. The summed E-state index contributed by atoms with van der Waals surface area (Å²) in [5, 5.41) is 7.75. The normalized spacial score (nSPS) is 13.0. The van der Waals surface area contributed by atoms with Crippen LogP contribution in [0, 0.1) is 6.92 Å². The highest BCUT2D eigenvalue weighted by molar-refractivity contribution is 7.92. The van der Waals surface area contributed by atoms with E-state index in [0.717, 1.165) is 6.26 Å². The minimum atomic E-state index is -3.47. The van der Waals surface area contributed by atoms with Crippen molar-refractivity contribution in [1.29, 1.82) is 0 Å². The Morgan fingerprint density at radius 1 is 1.45 bits per heavy atom. The zero-order valence-electron chi connectivity index (χ0n) is 11.7. The van der Waals surface area contributed by atoms with Crippen molar-refractivity contribution in [1.82, 2.24) is 4.90 Å². The van der Waals surface area contributed by atoms with Gasteiger partial charge < -0.3 is 14.4 Å². The van der Waals surface area contributed by atoms with Gasteiger partial charge in [0.1, 0.15) is 22.3 Å². The number of nitrogens with zero attached hydrogens (tertiary/aromatic N) is 1. The molecule has 0 fully saturated rings. The van der Waals surface area contributed by atoms with Gasteiger partial charge in [0.05, 0.1) is 6.54 Å². The lowest BCUT2D eigenvalue weighted by Crippen LogP contribution is -2.38. The highest BCUT2D eigenvalue weighted by Gasteiger charge is 2.27. The first-order valence-corrected chi connectivity index (χ1v) is 7.76. The summed E-state index contributed by atoms with van der Waals surface area (Å²) in [5.74, 6) is -1.16. The highest BCUT2D eigenvalue weighted by Crippen LogP contribution is 2.16. The SMILES string of the molecule is Cc1oc(CN(C)C(=O)C(C)S(C)(=O)=O)cc1C(=O)O. The summed E-state index contributed by atoms with van der Waals surface area (Å²) >= 11 is 0. The Kier molecular flexibility index (Phi) is 4.59. The maximum Gasteiger partial charge on any atom is 0.339 e. The third-order valence-electron chi connectivity index (χ3n) is 2.96. The molecule has 0 radical (unpaired) electrons. The van der Waals surface area contributed by atoms with E-state index in [1.165, 1.54) is 31.9 Å². The van der Waals surface area contributed by atoms with Crippen molar-refractivity contribution in [3.05, 3.63) is 23.2 Å². The number of carbonyl (C=O) groups is 2. The molecule has 1 aromatic rings. The van der Waals surface area contributed by atoms with Gasteiger partial charge in [0.2, 0.25) is 5.91 Å². The molecule has 0 aliphatic rings. The van der Waals surface area contributed by atoms with Crippen LogP contribution in [0.15, 0.2) is 10.5 Å². The van der Waals surface area contributed by atoms with Crippen molar-refractivity contribution in [2.75, 3.05) is 13.3 Å². The smallest absolute Gasteiger partial charge is 0.339 e. The molecule has 1 N–H and O–H groups in total. The number of rotatable bonds is 5. The van der Waals surface area contributed by atoms with Crippen LogP contribution in [-0.2, 0) is 21.2 Å². The Morgan fingerprint density at radius 3 is 2.40 bits per heavy atom. The van der Waals surface area contributed by atoms with Gasteiger partial charge in [-0.15, -0.1) is 0 Å². The number of carboxylic acids is 1. The van der Waals surface area contributed by atoms with Crippen LogP contribution < -0.4 is 0 Å². The minimum Gasteiger partial charge on any atom is -0.478 e. The third kappa shape index (κ3) is 3.60. The molecule has 112 valence electrons. The number of amides is 1. The number of hydrogen-bond donors (Lipinski definition) is 1. The number of furan rings is 1. The van der Waals surface area contributed by atoms with Crippen molar-refractivity contribution in [3.63, 3.8) is 0 Å². The van der Waals surface area contributed by atoms with Crippen molar-refractivity contribution < 1.29 is 27.5 Å². The quantitative estimate of drug-likeness (QED) is 0.857. The van der Waals surface area contributed by atoms with E-state index in [4.69, 9.17) is 9.52 Å². The van der Waals surface area contributed by atoms with Crippen LogP contribution in [0.2, 0.25) is 0 Å². The molecule has 1 aromatic heterocycles. The molecule has 8 heteroatoms. The van der Waals surface area contributed by atoms with E-state index >= 15 is 0 Å². The van der Waals surface area contributed by atoms with Crippen molar-refractivity contribution in [2.45, 2.75) is 25.6 Å². The van der Waals surface area contributed by atoms with Crippen LogP contribution >= 0.6 is 0 Å². The molecule has 0 aromatic carbocycles. The number of hydrogen-bond acceptors (Lipinski definition) is 5. The molecule has 20 heavy (non-hydrogen) atoms. The Morgan fingerprint density at radius 2 is 2.00 bits per heavy atom. The number of carboxylic acid groups (broad SMARTS) is 1. The first-order chi connectivity index (χ1) is 9.04. The van der Waals surface area contributed by atoms with Crippen LogP contribution in [-0.4, -0.2) is 48.9 Å². The molecule has 1 amide bonds. The summed E-state index contributed by atoms with van der Waals surface area (Å²) in [7, 11) is -2.04. The molecule has 1 atom stereocenters. The number of aryl methyl sites for hydroxylation is 1. The van der Waals surface area contributed by atoms with Gasteiger partial charge in [0, 0.05) is 13.3 Å². The van der Waals surface area contributed by atoms with Gasteiger partial charge in [-0.2, -0.15) is 0 Å². The second-order valence-electron chi connectivity index (χ2n) is 4.65. The van der Waals surface area contributed by atoms with E-state index < -0.39 is 27.0 Å². The average molecular weight is 303 g/mol. The average Bonchev–Trinajstić information content (AvgIpc) is 2.67. The van der Waals surface area contributed by atoms with Gasteiger partial charge in [0.15, 0.2) is 9.84 Å². The minimum absolute atomic E-state index is 0.00676. The van der Waals surface area contributed by atoms with E-state index in [1.807, 2.05) is 0 Å². The van der Waals surface area contributed by atoms with Crippen LogP contribution in [0.5, 0.6) is 0 Å². The standard InChI is InChI=1S/C12H17NO6S/c1-7-10(12(15)16)5-9(19-7)6-13(3)11(14)8(2)20(4,17)18/h5,8H,6H2,1-4H3,(H,15,16). The molecule has 7 nitrogen and oxygen atoms in total. The zero-order valence-corrected chi connectivity index (χ0v) is 12.5. The molecule has 0 saturated heterocycles. The van der Waals surface area contributed by atoms with Crippen LogP contribution in [0.25, 0.3) is 0 Å². The summed E-state index contributed by atoms with van der Waals surface area (Å²) in [6, 6.07) is 1.33. The van der Waals surface area contributed by atoms with Crippen molar-refractivity contribution in [3.8, 4) is 0 Å². The number of aromatic carboxylic acids is 1. The molecule has 0 saturated carbocycles. The van der Waals surface area contributed by atoms with E-state index in [-0.39, 0.29) is 23.6 Å². The molecule has 0 aliphatic heterocycles. The molecular weight excluding hydrogens is 286 g/mol. The summed E-state index contributed by atoms with van der Waals surface area (Å²) < 4.78 is 27.9. The number of carbonyl (C=O) groups excluding carboxylic acids is 1. The van der Waals surface area contributed by atoms with Crippen LogP contribution in [0.4, 0.5) is 0 Å². The molecule has 1 rings (SSSR count). The van der Waals surface area contributed by atoms with Crippen molar-refractivity contribution >= 4 is 21.7 Å². The van der Waals surface area contributed by atoms with Gasteiger partial charge in [-0.25, -0.2) is 13.2 Å². The largest absolute Gasteiger partial charge is 0.478 e. The van der Waals surface area contributed by atoms with E-state index in [9.17, 15) is 18.0 Å². The molecular formula is C12H17NO6S. The Bertz CT molecular complexity index is 630. The number of sulfone groups is 1. The third-order valence-corrected chi connectivity index (χ3v) is 4.44. The molecule has 0 aliphatic carbocycles. The summed E-state index contributed by atoms with van der Waals surface area (Å²) in [6.07, 6.45) is 0.989. The summed E-state index contributed by atoms with van der Waals surface area (Å²) in [6.45, 7) is 2.82. The molecule has 1 unspecified atom stereocenters. The van der Waals surface area contributed by atoms with Crippen LogP contribution in [0.1, 0.15) is 28.8 Å². The van der Waals surface area contributed by atoms with Gasteiger partial charge in [-0.1, -0.05) is 0 Å². The first-order valence-electron chi connectivity index (χ1n) is 5.80. The maximum atomic E-state index is 11.9. The van der Waals surface area contributed by atoms with Gasteiger partial charge in [0.25, 0.3) is 0 Å². The summed E-state index contributed by atoms with van der Waals surface area (Å²) in [5.41, 5.74) is 0.0250. The fourth-order valence-electron chi connectivity index (χ4n) is 1.64. The van der Waals surface area contributed by atoms with Crippen molar-refractivity contribution in [2.24, 2.45) is 0 Å². The second-order valence-corrected chi connectivity index (χ2v) is 7.02. The Hall–Kier alpha value is -1.83. The van der Waals surface area contributed by atoms with Gasteiger partial charge in [-0.05, 0) is 19.9 Å². The molecule has 1 heterocycles. The van der Waals surface area contributed by atoms with E-state index in [0.29, 0.717) is 0 Å².